The third kappa shape index (κ3) is 3.42. The molecule has 2 aliphatic rings. The van der Waals surface area contributed by atoms with Crippen molar-refractivity contribution in [2.45, 2.75) is 44.7 Å². The predicted octanol–water partition coefficient (Wildman–Crippen LogP) is 2.73. The molecule has 32 heavy (non-hydrogen) atoms. The molecule has 4 rings (SSSR count). The molecule has 1 aliphatic heterocycles. The maximum absolute atomic E-state index is 14.1. The topological polar surface area (TPSA) is 99.8 Å². The fourth-order valence-corrected chi connectivity index (χ4v) is 4.76. The van der Waals surface area contributed by atoms with Crippen molar-refractivity contribution >= 4 is 23.3 Å². The molecule has 1 amide bonds. The van der Waals surface area contributed by atoms with E-state index < -0.39 is 34.2 Å². The lowest BCUT2D eigenvalue weighted by atomic mass is 9.99. The molecule has 2 N–H and O–H groups in total. The van der Waals surface area contributed by atoms with Crippen LogP contribution in [0.1, 0.15) is 53.1 Å². The number of aryl methyl sites for hydroxylation is 1. The molecule has 2 aromatic rings. The van der Waals surface area contributed by atoms with Crippen molar-refractivity contribution in [1.29, 1.82) is 0 Å². The Morgan fingerprint density at radius 2 is 2.06 bits per heavy atom. The van der Waals surface area contributed by atoms with Crippen molar-refractivity contribution in [3.63, 3.8) is 0 Å². The molecule has 2 heterocycles. The van der Waals surface area contributed by atoms with Crippen molar-refractivity contribution < 1.29 is 24.2 Å². The number of hydrogen-bond acceptors (Lipinski definition) is 5. The van der Waals surface area contributed by atoms with Gasteiger partial charge >= 0.3 is 0 Å². The van der Waals surface area contributed by atoms with Crippen LogP contribution >= 0.6 is 11.6 Å². The Kier molecular flexibility index (Phi) is 5.63. The summed E-state index contributed by atoms with van der Waals surface area (Å²) in [5, 5.41) is 20.3. The summed E-state index contributed by atoms with van der Waals surface area (Å²) in [5.41, 5.74) is -1.79. The van der Waals surface area contributed by atoms with Gasteiger partial charge in [-0.15, -0.1) is 0 Å². The second kappa shape index (κ2) is 8.01. The number of aliphatic hydroxyl groups is 1. The molecule has 7 nitrogen and oxygen atoms in total. The normalized spacial score (nSPS) is 21.9. The number of rotatable bonds is 6. The summed E-state index contributed by atoms with van der Waals surface area (Å²) in [5.74, 6) is -2.63. The van der Waals surface area contributed by atoms with Gasteiger partial charge in [0.2, 0.25) is 5.43 Å². The van der Waals surface area contributed by atoms with Gasteiger partial charge in [-0.1, -0.05) is 23.7 Å². The number of aliphatic hydroxyl groups excluding tert-OH is 1. The number of carbonyl (C=O) groups is 2. The van der Waals surface area contributed by atoms with Crippen LogP contribution in [0, 0.1) is 11.7 Å². The number of benzene rings is 1. The van der Waals surface area contributed by atoms with Crippen molar-refractivity contribution in [2.24, 2.45) is 5.92 Å². The lowest BCUT2D eigenvalue weighted by Crippen LogP contribution is -2.52. The molecule has 2 unspecified atom stereocenters. The van der Waals surface area contributed by atoms with E-state index in [1.807, 2.05) is 13.8 Å². The first-order valence-electron chi connectivity index (χ1n) is 10.5. The van der Waals surface area contributed by atoms with Crippen LogP contribution in [-0.2, 0) is 12.0 Å². The molecule has 1 saturated carbocycles. The summed E-state index contributed by atoms with van der Waals surface area (Å²) in [6.07, 6.45) is 1.72. The number of nitrogens with zero attached hydrogens (tertiary/aromatic N) is 2. The molecule has 1 fully saturated rings. The first kappa shape index (κ1) is 22.5. The van der Waals surface area contributed by atoms with Crippen molar-refractivity contribution in [3.8, 4) is 5.75 Å². The van der Waals surface area contributed by atoms with Gasteiger partial charge < -0.3 is 19.7 Å². The largest absolute Gasteiger partial charge is 0.503 e. The maximum atomic E-state index is 14.1. The summed E-state index contributed by atoms with van der Waals surface area (Å²) >= 11 is 5.78. The summed E-state index contributed by atoms with van der Waals surface area (Å²) in [6.45, 7) is 3.86. The van der Waals surface area contributed by atoms with E-state index in [4.69, 9.17) is 11.6 Å². The molecule has 170 valence electrons. The van der Waals surface area contributed by atoms with E-state index in [9.17, 15) is 29.0 Å². The fourth-order valence-electron chi connectivity index (χ4n) is 4.57. The number of fused-ring (bicyclic) bond motifs is 2. The van der Waals surface area contributed by atoms with Gasteiger partial charge in [-0.25, -0.2) is 4.39 Å². The lowest BCUT2D eigenvalue weighted by molar-refractivity contribution is 0.0551. The van der Waals surface area contributed by atoms with Gasteiger partial charge in [-0.2, -0.15) is 0 Å². The number of pyridine rings is 1. The van der Waals surface area contributed by atoms with E-state index >= 15 is 0 Å². The minimum Gasteiger partial charge on any atom is -0.503 e. The maximum Gasteiger partial charge on any atom is 0.274 e. The molecule has 0 saturated heterocycles. The number of carbonyl (C=O) groups excluding carboxylic acids is 2. The van der Waals surface area contributed by atoms with Gasteiger partial charge in [0.1, 0.15) is 5.82 Å². The average Bonchev–Trinajstić information content (AvgIpc) is 3.47. The number of ketones is 1. The predicted molar refractivity (Wildman–Crippen MR) is 116 cm³/mol. The molecule has 0 bridgehead atoms. The van der Waals surface area contributed by atoms with Crippen LogP contribution in [0.3, 0.4) is 0 Å². The second-order valence-corrected chi connectivity index (χ2v) is 9.20. The molecule has 1 aromatic carbocycles. The highest BCUT2D eigenvalue weighted by Crippen LogP contribution is 2.54. The summed E-state index contributed by atoms with van der Waals surface area (Å²) < 4.78 is 15.6. The van der Waals surface area contributed by atoms with E-state index in [0.29, 0.717) is 13.0 Å². The standard InChI is InChI=1S/C23H24ClFN2O5/c1-12(2)26-11-23(8-14(23)10-28)27-9-15(20(30)21(31)19(27)22(26)32)17(29)7-6-13-4-3-5-16(24)18(13)25/h3-5,9,12,14,28,31H,6-8,10-11H2,1-2H3. The highest BCUT2D eigenvalue weighted by Gasteiger charge is 2.60. The van der Waals surface area contributed by atoms with E-state index in [1.54, 1.807) is 11.0 Å². The summed E-state index contributed by atoms with van der Waals surface area (Å²) in [4.78, 5) is 40.3. The molecule has 2 atom stereocenters. The highest BCUT2D eigenvalue weighted by atomic mass is 35.5. The van der Waals surface area contributed by atoms with Crippen LogP contribution in [0.2, 0.25) is 5.02 Å². The number of amides is 1. The number of halogens is 2. The SMILES string of the molecule is CC(C)N1CC2(CC2CO)n2cc(C(=O)CCc3cccc(Cl)c3F)c(=O)c(O)c2C1=O. The van der Waals surface area contributed by atoms with Crippen LogP contribution in [0.25, 0.3) is 0 Å². The van der Waals surface area contributed by atoms with Gasteiger partial charge in [0.15, 0.2) is 17.2 Å². The summed E-state index contributed by atoms with van der Waals surface area (Å²) in [7, 11) is 0. The molecular weight excluding hydrogens is 439 g/mol. The Bertz CT molecular complexity index is 1180. The van der Waals surface area contributed by atoms with Gasteiger partial charge in [0, 0.05) is 37.7 Å². The van der Waals surface area contributed by atoms with Crippen molar-refractivity contribution in [3.05, 3.63) is 62.3 Å². The zero-order chi connectivity index (χ0) is 23.4. The van der Waals surface area contributed by atoms with E-state index in [2.05, 4.69) is 0 Å². The number of aromatic nitrogens is 1. The van der Waals surface area contributed by atoms with Gasteiger partial charge in [0.05, 0.1) is 16.1 Å². The smallest absolute Gasteiger partial charge is 0.274 e. The van der Waals surface area contributed by atoms with Gasteiger partial charge in [0.25, 0.3) is 5.91 Å². The fraction of sp³-hybridized carbons (Fsp3) is 0.435. The van der Waals surface area contributed by atoms with Crippen LogP contribution in [0.4, 0.5) is 4.39 Å². The lowest BCUT2D eigenvalue weighted by Gasteiger charge is -2.39. The molecule has 9 heteroatoms. The molecule has 1 aromatic heterocycles. The van der Waals surface area contributed by atoms with E-state index in [0.717, 1.165) is 0 Å². The third-order valence-electron chi connectivity index (χ3n) is 6.57. The van der Waals surface area contributed by atoms with Crippen molar-refractivity contribution in [2.75, 3.05) is 13.2 Å². The van der Waals surface area contributed by atoms with E-state index in [-0.39, 0.29) is 53.3 Å². The number of Topliss-reactive ketones (excluding diaryl/α,β-unsaturated/α-hetero) is 1. The van der Waals surface area contributed by atoms with Crippen LogP contribution < -0.4 is 5.43 Å². The monoisotopic (exact) mass is 462 g/mol. The quantitative estimate of drug-likeness (QED) is 0.643. The number of hydrogen-bond donors (Lipinski definition) is 2. The first-order valence-corrected chi connectivity index (χ1v) is 10.9. The molecule has 1 aliphatic carbocycles. The Hall–Kier alpha value is -2.71. The minimum absolute atomic E-state index is 0.0254. The highest BCUT2D eigenvalue weighted by molar-refractivity contribution is 6.30. The van der Waals surface area contributed by atoms with Crippen molar-refractivity contribution in [1.82, 2.24) is 9.47 Å². The van der Waals surface area contributed by atoms with Crippen LogP contribution in [0.5, 0.6) is 5.75 Å². The molecule has 1 spiro atoms. The Morgan fingerprint density at radius 3 is 2.69 bits per heavy atom. The number of aromatic hydroxyl groups is 1. The third-order valence-corrected chi connectivity index (χ3v) is 6.86. The van der Waals surface area contributed by atoms with Crippen LogP contribution in [0.15, 0.2) is 29.2 Å². The molecular formula is C23H24ClFN2O5. The second-order valence-electron chi connectivity index (χ2n) is 8.79. The zero-order valence-corrected chi connectivity index (χ0v) is 18.5. The van der Waals surface area contributed by atoms with Gasteiger partial charge in [-0.05, 0) is 38.3 Å². The first-order chi connectivity index (χ1) is 15.1. The van der Waals surface area contributed by atoms with E-state index in [1.165, 1.54) is 22.9 Å². The average molecular weight is 463 g/mol. The zero-order valence-electron chi connectivity index (χ0n) is 17.8. The minimum atomic E-state index is -0.928. The molecule has 0 radical (unpaired) electrons. The Balaban J connectivity index is 1.73. The Morgan fingerprint density at radius 1 is 1.34 bits per heavy atom. The van der Waals surface area contributed by atoms with Crippen LogP contribution in [-0.4, -0.2) is 50.6 Å². The Labute approximate surface area is 189 Å². The van der Waals surface area contributed by atoms with Gasteiger partial charge in [-0.3, -0.25) is 14.4 Å². The summed E-state index contributed by atoms with van der Waals surface area (Å²) in [6, 6.07) is 4.32.